The Morgan fingerprint density at radius 2 is 0.635 bits per heavy atom. The molecule has 0 aromatic carbocycles. The Hall–Kier alpha value is -2.96. The first-order valence-electron chi connectivity index (χ1n) is 26.5. The highest BCUT2D eigenvalue weighted by molar-refractivity contribution is 5.79. The normalized spacial score (nSPS) is 11.9. The fraction of sp³-hybridized carbons (Fsp3) is 0.786. The van der Waals surface area contributed by atoms with E-state index in [2.05, 4.69) is 69.4 Å². The Bertz CT molecular complexity index is 1110. The molecule has 0 fully saturated rings. The largest absolute Gasteiger partial charge is 0.462 e. The Labute approximate surface area is 388 Å². The van der Waals surface area contributed by atoms with Crippen LogP contribution >= 0.6 is 0 Å². The summed E-state index contributed by atoms with van der Waals surface area (Å²) >= 11 is 0. The predicted octanol–water partition coefficient (Wildman–Crippen LogP) is 16.7. The zero-order valence-corrected chi connectivity index (χ0v) is 41.3. The van der Waals surface area contributed by atoms with Gasteiger partial charge < -0.3 is 14.2 Å². The molecule has 0 spiro atoms. The molecule has 364 valence electrons. The van der Waals surface area contributed by atoms with E-state index in [9.17, 15) is 19.2 Å². The summed E-state index contributed by atoms with van der Waals surface area (Å²) < 4.78 is 16.7. The van der Waals surface area contributed by atoms with Crippen LogP contribution in [0.15, 0.2) is 48.6 Å². The summed E-state index contributed by atoms with van der Waals surface area (Å²) in [6, 6.07) is 0. The molecule has 0 aromatic heterocycles. The highest BCUT2D eigenvalue weighted by Gasteiger charge is 2.20. The highest BCUT2D eigenvalue weighted by Crippen LogP contribution is 2.14. The van der Waals surface area contributed by atoms with Crippen LogP contribution < -0.4 is 0 Å². The van der Waals surface area contributed by atoms with Gasteiger partial charge in [-0.05, 0) is 89.9 Å². The Morgan fingerprint density at radius 3 is 1.05 bits per heavy atom. The van der Waals surface area contributed by atoms with Crippen LogP contribution in [0.2, 0.25) is 0 Å². The molecule has 7 heteroatoms. The van der Waals surface area contributed by atoms with Gasteiger partial charge in [-0.3, -0.25) is 19.2 Å². The summed E-state index contributed by atoms with van der Waals surface area (Å²) in [5.41, 5.74) is 0. The number of carbonyl (C=O) groups excluding carboxylic acids is 4. The molecule has 0 atom stereocenters. The van der Waals surface area contributed by atoms with Crippen molar-refractivity contribution < 1.29 is 33.4 Å². The molecule has 0 heterocycles. The minimum atomic E-state index is -0.873. The molecule has 0 aromatic rings. The van der Waals surface area contributed by atoms with E-state index >= 15 is 0 Å². The second kappa shape index (κ2) is 50.0. The van der Waals surface area contributed by atoms with Crippen molar-refractivity contribution in [1.82, 2.24) is 0 Å². The maximum atomic E-state index is 12.8. The molecule has 0 aliphatic carbocycles. The SMILES string of the molecule is CCCCC/C=C\C/C=C\CCCCCCCC(=O)OCC(COC(=O)CCCCCCC/C=C\C/C=C\CCCCC)OC(=O)CCCC(=O)CCCCCCCCCCCC. The molecule has 0 saturated heterocycles. The first-order valence-corrected chi connectivity index (χ1v) is 26.5. The van der Waals surface area contributed by atoms with Crippen molar-refractivity contribution in [1.29, 1.82) is 0 Å². The predicted molar refractivity (Wildman–Crippen MR) is 266 cm³/mol. The van der Waals surface area contributed by atoms with Crippen molar-refractivity contribution >= 4 is 23.7 Å². The molecule has 63 heavy (non-hydrogen) atoms. The highest BCUT2D eigenvalue weighted by atomic mass is 16.6. The Morgan fingerprint density at radius 1 is 0.333 bits per heavy atom. The van der Waals surface area contributed by atoms with Gasteiger partial charge in [-0.15, -0.1) is 0 Å². The minimum Gasteiger partial charge on any atom is -0.462 e. The third kappa shape index (κ3) is 48.3. The molecule has 0 unspecified atom stereocenters. The van der Waals surface area contributed by atoms with Crippen LogP contribution in [0.5, 0.6) is 0 Å². The lowest BCUT2D eigenvalue weighted by Gasteiger charge is -2.18. The number of ketones is 1. The summed E-state index contributed by atoms with van der Waals surface area (Å²) in [4.78, 5) is 50.5. The van der Waals surface area contributed by atoms with Crippen LogP contribution in [-0.2, 0) is 33.4 Å². The van der Waals surface area contributed by atoms with E-state index in [0.29, 0.717) is 32.1 Å². The molecule has 0 amide bonds. The zero-order chi connectivity index (χ0) is 45.9. The van der Waals surface area contributed by atoms with E-state index in [4.69, 9.17) is 14.2 Å². The lowest BCUT2D eigenvalue weighted by molar-refractivity contribution is -0.167. The number of ether oxygens (including phenoxy) is 3. The standard InChI is InChI=1S/C56H98O7/c1-4-7-10-13-16-19-22-24-26-28-30-33-36-39-42-47-54(58)61-50-53(63-56(60)49-44-46-52(57)45-41-38-35-32-21-18-15-12-9-6-3)51-62-55(59)48-43-40-37-34-31-29-27-25-23-20-17-14-11-8-5-2/h16-17,19-20,24-27,53H,4-15,18,21-23,28-51H2,1-3H3/b19-16-,20-17-,26-24-,27-25-. The molecule has 7 nitrogen and oxygen atoms in total. The van der Waals surface area contributed by atoms with Crippen molar-refractivity contribution in [3.05, 3.63) is 48.6 Å². The van der Waals surface area contributed by atoms with Crippen molar-refractivity contribution in [2.45, 2.75) is 271 Å². The number of rotatable bonds is 48. The van der Waals surface area contributed by atoms with Gasteiger partial charge in [0, 0.05) is 32.1 Å². The molecule has 0 N–H and O–H groups in total. The van der Waals surface area contributed by atoms with E-state index < -0.39 is 12.1 Å². The quantitative estimate of drug-likeness (QED) is 0.0260. The van der Waals surface area contributed by atoms with Crippen molar-refractivity contribution in [2.75, 3.05) is 13.2 Å². The number of esters is 3. The van der Waals surface area contributed by atoms with Crippen molar-refractivity contribution in [2.24, 2.45) is 0 Å². The summed E-state index contributed by atoms with van der Waals surface area (Å²) in [6.45, 7) is 6.40. The van der Waals surface area contributed by atoms with E-state index in [1.54, 1.807) is 0 Å². The molecular weight excluding hydrogens is 785 g/mol. The van der Waals surface area contributed by atoms with Gasteiger partial charge in [0.2, 0.25) is 0 Å². The lowest BCUT2D eigenvalue weighted by Crippen LogP contribution is -2.31. The summed E-state index contributed by atoms with van der Waals surface area (Å²) in [5, 5.41) is 0. The van der Waals surface area contributed by atoms with E-state index in [1.165, 1.54) is 103 Å². The average Bonchev–Trinajstić information content (AvgIpc) is 3.27. The molecule has 0 rings (SSSR count). The van der Waals surface area contributed by atoms with Crippen molar-refractivity contribution in [3.8, 4) is 0 Å². The third-order valence-corrected chi connectivity index (χ3v) is 11.5. The first kappa shape index (κ1) is 60.0. The maximum absolute atomic E-state index is 12.8. The number of hydrogen-bond acceptors (Lipinski definition) is 7. The van der Waals surface area contributed by atoms with Crippen LogP contribution in [0, 0.1) is 0 Å². The van der Waals surface area contributed by atoms with Crippen LogP contribution in [-0.4, -0.2) is 43.0 Å². The van der Waals surface area contributed by atoms with Crippen LogP contribution in [0.4, 0.5) is 0 Å². The van der Waals surface area contributed by atoms with E-state index in [0.717, 1.165) is 103 Å². The number of carbonyl (C=O) groups is 4. The zero-order valence-electron chi connectivity index (χ0n) is 41.3. The number of allylic oxidation sites excluding steroid dienone is 8. The van der Waals surface area contributed by atoms with Crippen molar-refractivity contribution in [3.63, 3.8) is 0 Å². The lowest BCUT2D eigenvalue weighted by atomic mass is 10.0. The smallest absolute Gasteiger partial charge is 0.306 e. The minimum absolute atomic E-state index is 0.0973. The number of hydrogen-bond donors (Lipinski definition) is 0. The molecule has 0 radical (unpaired) electrons. The summed E-state index contributed by atoms with van der Waals surface area (Å²) in [6.07, 6.45) is 56.0. The maximum Gasteiger partial charge on any atom is 0.306 e. The molecule has 0 aliphatic heterocycles. The third-order valence-electron chi connectivity index (χ3n) is 11.5. The second-order valence-corrected chi connectivity index (χ2v) is 17.8. The van der Waals surface area contributed by atoms with Gasteiger partial charge in [0.05, 0.1) is 0 Å². The average molecular weight is 883 g/mol. The first-order chi connectivity index (χ1) is 30.9. The molecule has 0 aliphatic rings. The van der Waals surface area contributed by atoms with Crippen LogP contribution in [0.25, 0.3) is 0 Å². The monoisotopic (exact) mass is 883 g/mol. The number of Topliss-reactive ketones (excluding diaryl/α,β-unsaturated/α-hetero) is 1. The molecular formula is C56H98O7. The second-order valence-electron chi connectivity index (χ2n) is 17.8. The number of unbranched alkanes of at least 4 members (excludes halogenated alkanes) is 25. The fourth-order valence-electron chi connectivity index (χ4n) is 7.40. The Kier molecular flexibility index (Phi) is 47.7. The van der Waals surface area contributed by atoms with E-state index in [-0.39, 0.29) is 37.4 Å². The fourth-order valence-corrected chi connectivity index (χ4v) is 7.40. The molecule has 0 saturated carbocycles. The van der Waals surface area contributed by atoms with Gasteiger partial charge in [-0.2, -0.15) is 0 Å². The molecule has 0 bridgehead atoms. The van der Waals surface area contributed by atoms with Gasteiger partial charge in [-0.25, -0.2) is 0 Å². The van der Waals surface area contributed by atoms with Crippen LogP contribution in [0.1, 0.15) is 265 Å². The van der Waals surface area contributed by atoms with E-state index in [1.807, 2.05) is 0 Å². The van der Waals surface area contributed by atoms with Gasteiger partial charge in [0.25, 0.3) is 0 Å². The Balaban J connectivity index is 4.50. The van der Waals surface area contributed by atoms with Gasteiger partial charge >= 0.3 is 17.9 Å². The topological polar surface area (TPSA) is 96.0 Å². The van der Waals surface area contributed by atoms with Crippen LogP contribution in [0.3, 0.4) is 0 Å². The summed E-state index contributed by atoms with van der Waals surface area (Å²) in [5.74, 6) is -0.962. The summed E-state index contributed by atoms with van der Waals surface area (Å²) in [7, 11) is 0. The van der Waals surface area contributed by atoms with Gasteiger partial charge in [0.15, 0.2) is 6.10 Å². The van der Waals surface area contributed by atoms with Gasteiger partial charge in [-0.1, -0.05) is 191 Å². The van der Waals surface area contributed by atoms with Gasteiger partial charge in [0.1, 0.15) is 19.0 Å².